The van der Waals surface area contributed by atoms with Crippen molar-refractivity contribution in [2.45, 2.75) is 8.69 Å². The van der Waals surface area contributed by atoms with Crippen LogP contribution in [0.5, 0.6) is 0 Å². The monoisotopic (exact) mass is 272 g/mol. The van der Waals surface area contributed by atoms with Crippen LogP contribution in [-0.2, 0) is 14.9 Å². The van der Waals surface area contributed by atoms with Crippen LogP contribution >= 0.6 is 34.8 Å². The summed E-state index contributed by atoms with van der Waals surface area (Å²) in [5.41, 5.74) is 5.90. The fourth-order valence-electron chi connectivity index (χ4n) is 0.882. The number of benzene rings is 1. The van der Waals surface area contributed by atoms with E-state index in [4.69, 9.17) is 40.5 Å². The van der Waals surface area contributed by atoms with Gasteiger partial charge in [-0.05, 0) is 29.3 Å². The summed E-state index contributed by atoms with van der Waals surface area (Å²) in [7, 11) is 0. The summed E-state index contributed by atoms with van der Waals surface area (Å²) in [6.07, 6.45) is 0. The molecule has 1 aromatic rings. The molecule has 0 radical (unpaired) electrons. The largest absolute Gasteiger partial charge is 0.768 e. The average Bonchev–Trinajstić information content (AvgIpc) is 2.01. The number of halogens is 3. The molecule has 0 saturated carbocycles. The van der Waals surface area contributed by atoms with Crippen LogP contribution in [0.2, 0.25) is 0 Å². The Morgan fingerprint density at radius 3 is 2.29 bits per heavy atom. The standard InChI is InChI=1S/C7H6Cl3NO2S/c8-7(9,10)4-1-5(11)3-6(2-4)14(12)13/h1-3H,11H2,(H,12,13)/p-1. The number of rotatable bonds is 1. The Hall–Kier alpha value is -0.000000000000000167. The van der Waals surface area contributed by atoms with Gasteiger partial charge >= 0.3 is 0 Å². The van der Waals surface area contributed by atoms with Gasteiger partial charge < -0.3 is 10.3 Å². The van der Waals surface area contributed by atoms with Crippen molar-refractivity contribution < 1.29 is 8.76 Å². The van der Waals surface area contributed by atoms with Gasteiger partial charge in [0.15, 0.2) is 0 Å². The van der Waals surface area contributed by atoms with E-state index in [0.717, 1.165) is 0 Å². The van der Waals surface area contributed by atoms with Crippen molar-refractivity contribution in [1.29, 1.82) is 0 Å². The molecule has 0 spiro atoms. The molecule has 0 aromatic heterocycles. The summed E-state index contributed by atoms with van der Waals surface area (Å²) in [6, 6.07) is 3.94. The number of hydrogen-bond donors (Lipinski definition) is 1. The summed E-state index contributed by atoms with van der Waals surface area (Å²) in [5.74, 6) is 0. The highest BCUT2D eigenvalue weighted by Crippen LogP contribution is 2.39. The van der Waals surface area contributed by atoms with Gasteiger partial charge in [0, 0.05) is 16.1 Å². The SMILES string of the molecule is Nc1cc(S(=O)[O-])cc(C(Cl)(Cl)Cl)c1. The molecule has 0 saturated heterocycles. The van der Waals surface area contributed by atoms with Gasteiger partial charge in [0.2, 0.25) is 3.79 Å². The van der Waals surface area contributed by atoms with E-state index in [1.165, 1.54) is 18.2 Å². The average molecular weight is 274 g/mol. The van der Waals surface area contributed by atoms with Crippen molar-refractivity contribution >= 4 is 51.6 Å². The molecular weight excluding hydrogens is 269 g/mol. The molecule has 0 aliphatic rings. The molecule has 78 valence electrons. The van der Waals surface area contributed by atoms with Gasteiger partial charge in [-0.25, -0.2) is 0 Å². The smallest absolute Gasteiger partial charge is 0.216 e. The van der Waals surface area contributed by atoms with Gasteiger partial charge in [0.05, 0.1) is 0 Å². The third-order valence-corrected chi connectivity index (χ3v) is 2.72. The normalized spacial score (nSPS) is 14.0. The van der Waals surface area contributed by atoms with E-state index in [9.17, 15) is 8.76 Å². The van der Waals surface area contributed by atoms with Crippen molar-refractivity contribution in [1.82, 2.24) is 0 Å². The third kappa shape index (κ3) is 3.00. The van der Waals surface area contributed by atoms with Gasteiger partial charge in [-0.15, -0.1) is 0 Å². The maximum Gasteiger partial charge on any atom is 0.216 e. The van der Waals surface area contributed by atoms with Crippen LogP contribution in [0.15, 0.2) is 23.1 Å². The zero-order chi connectivity index (χ0) is 10.9. The molecule has 0 amide bonds. The minimum Gasteiger partial charge on any atom is -0.768 e. The highest BCUT2D eigenvalue weighted by Gasteiger charge is 2.23. The lowest BCUT2D eigenvalue weighted by Crippen LogP contribution is -2.03. The van der Waals surface area contributed by atoms with Gasteiger partial charge in [0.1, 0.15) is 0 Å². The maximum atomic E-state index is 10.6. The van der Waals surface area contributed by atoms with Crippen LogP contribution in [0, 0.1) is 0 Å². The number of nitrogens with two attached hydrogens (primary N) is 1. The molecule has 7 heteroatoms. The van der Waals surface area contributed by atoms with Crippen molar-refractivity contribution in [3.8, 4) is 0 Å². The molecule has 0 heterocycles. The van der Waals surface area contributed by atoms with Gasteiger partial charge in [-0.1, -0.05) is 34.8 Å². The van der Waals surface area contributed by atoms with Crippen LogP contribution < -0.4 is 5.73 Å². The minimum absolute atomic E-state index is 0.00803. The van der Waals surface area contributed by atoms with E-state index in [0.29, 0.717) is 0 Å². The molecule has 1 aromatic carbocycles. The van der Waals surface area contributed by atoms with Gasteiger partial charge in [-0.3, -0.25) is 4.21 Å². The zero-order valence-electron chi connectivity index (χ0n) is 6.67. The Morgan fingerprint density at radius 1 is 1.29 bits per heavy atom. The third-order valence-electron chi connectivity index (χ3n) is 1.45. The van der Waals surface area contributed by atoms with Crippen LogP contribution in [0.3, 0.4) is 0 Å². The Kier molecular flexibility index (Phi) is 3.66. The zero-order valence-corrected chi connectivity index (χ0v) is 9.75. The molecule has 1 rings (SSSR count). The van der Waals surface area contributed by atoms with E-state index >= 15 is 0 Å². The molecule has 0 aliphatic heterocycles. The summed E-state index contributed by atoms with van der Waals surface area (Å²) in [5, 5.41) is 0. The summed E-state index contributed by atoms with van der Waals surface area (Å²) in [6.45, 7) is 0. The quantitative estimate of drug-likeness (QED) is 0.485. The van der Waals surface area contributed by atoms with E-state index < -0.39 is 14.9 Å². The second-order valence-electron chi connectivity index (χ2n) is 2.52. The molecule has 1 unspecified atom stereocenters. The van der Waals surface area contributed by atoms with Crippen LogP contribution in [0.4, 0.5) is 5.69 Å². The van der Waals surface area contributed by atoms with E-state index in [1.54, 1.807) is 0 Å². The second-order valence-corrected chi connectivity index (χ2v) is 5.75. The second kappa shape index (κ2) is 4.24. The lowest BCUT2D eigenvalue weighted by atomic mass is 10.2. The molecule has 0 fully saturated rings. The Morgan fingerprint density at radius 2 is 1.86 bits per heavy atom. The molecule has 14 heavy (non-hydrogen) atoms. The molecule has 1 atom stereocenters. The number of anilines is 1. The van der Waals surface area contributed by atoms with E-state index in [-0.39, 0.29) is 16.1 Å². The Bertz CT molecular complexity index is 378. The fourth-order valence-corrected chi connectivity index (χ4v) is 1.66. The number of nitrogen functional groups attached to an aromatic ring is 1. The van der Waals surface area contributed by atoms with Crippen LogP contribution in [0.25, 0.3) is 0 Å². The van der Waals surface area contributed by atoms with Crippen LogP contribution in [0.1, 0.15) is 5.56 Å². The Labute approximate surface area is 98.4 Å². The van der Waals surface area contributed by atoms with Gasteiger partial charge in [-0.2, -0.15) is 0 Å². The Balaban J connectivity index is 3.28. The summed E-state index contributed by atoms with van der Waals surface area (Å²) in [4.78, 5) is -0.00803. The lowest BCUT2D eigenvalue weighted by molar-refractivity contribution is 0.537. The number of alkyl halides is 3. The van der Waals surface area contributed by atoms with Crippen molar-refractivity contribution in [3.63, 3.8) is 0 Å². The lowest BCUT2D eigenvalue weighted by Gasteiger charge is -2.14. The molecule has 0 aliphatic carbocycles. The fraction of sp³-hybridized carbons (Fsp3) is 0.143. The predicted octanol–water partition coefficient (Wildman–Crippen LogP) is 2.33. The number of hydrogen-bond acceptors (Lipinski definition) is 3. The maximum absolute atomic E-state index is 10.6. The summed E-state index contributed by atoms with van der Waals surface area (Å²) >= 11 is 14.4. The molecule has 0 bridgehead atoms. The molecule has 3 nitrogen and oxygen atoms in total. The van der Waals surface area contributed by atoms with Crippen molar-refractivity contribution in [2.24, 2.45) is 0 Å². The van der Waals surface area contributed by atoms with Gasteiger partial charge in [0.25, 0.3) is 0 Å². The summed E-state index contributed by atoms with van der Waals surface area (Å²) < 4.78 is 19.6. The minimum atomic E-state index is -2.39. The first-order chi connectivity index (χ1) is 6.30. The highest BCUT2D eigenvalue weighted by molar-refractivity contribution is 7.79. The van der Waals surface area contributed by atoms with Crippen molar-refractivity contribution in [2.75, 3.05) is 5.73 Å². The van der Waals surface area contributed by atoms with Crippen LogP contribution in [-0.4, -0.2) is 8.76 Å². The van der Waals surface area contributed by atoms with Crippen molar-refractivity contribution in [3.05, 3.63) is 23.8 Å². The van der Waals surface area contributed by atoms with E-state index in [1.807, 2.05) is 0 Å². The first-order valence-corrected chi connectivity index (χ1v) is 5.58. The molecular formula is C7H5Cl3NO2S-. The first-order valence-electron chi connectivity index (χ1n) is 3.38. The highest BCUT2D eigenvalue weighted by atomic mass is 35.6. The first kappa shape index (κ1) is 12.1. The molecule has 2 N–H and O–H groups in total. The predicted molar refractivity (Wildman–Crippen MR) is 57.3 cm³/mol. The topological polar surface area (TPSA) is 66.2 Å². The van der Waals surface area contributed by atoms with E-state index in [2.05, 4.69) is 0 Å².